The third-order valence-corrected chi connectivity index (χ3v) is 6.43. The van der Waals surface area contributed by atoms with Crippen LogP contribution in [0.4, 0.5) is 0 Å². The molecule has 0 saturated carbocycles. The fraction of sp³-hybridized carbons (Fsp3) is 0.667. The molecule has 0 aromatic rings. The second-order valence-corrected chi connectivity index (χ2v) is 11.3. The molecule has 1 atom stereocenters. The zero-order valence-electron chi connectivity index (χ0n) is 9.72. The Kier molecular flexibility index (Phi) is 5.32. The van der Waals surface area contributed by atoms with Gasteiger partial charge in [0.15, 0.2) is 8.32 Å². The van der Waals surface area contributed by atoms with Crippen molar-refractivity contribution in [2.75, 3.05) is 0 Å². The van der Waals surface area contributed by atoms with Gasteiger partial charge in [-0.05, 0) is 32.6 Å². The predicted octanol–water partition coefficient (Wildman–Crippen LogP) is 2.20. The minimum Gasteiger partial charge on any atom is -0.494 e. The largest absolute Gasteiger partial charge is 0.494 e. The second-order valence-electron chi connectivity index (χ2n) is 4.25. The SMILES string of the molecule is C=C(C)C(=O)O[SiH](CC)O[Si](C)(C)C. The van der Waals surface area contributed by atoms with E-state index in [4.69, 9.17) is 8.54 Å². The monoisotopic (exact) mass is 232 g/mol. The maximum Gasteiger partial charge on any atom is 0.375 e. The molecule has 0 radical (unpaired) electrons. The van der Waals surface area contributed by atoms with E-state index in [-0.39, 0.29) is 5.97 Å². The van der Waals surface area contributed by atoms with Gasteiger partial charge in [-0.15, -0.1) is 0 Å². The first-order valence-corrected chi connectivity index (χ1v) is 9.97. The van der Waals surface area contributed by atoms with E-state index in [1.807, 2.05) is 6.92 Å². The van der Waals surface area contributed by atoms with Gasteiger partial charge in [0.2, 0.25) is 0 Å². The van der Waals surface area contributed by atoms with Crippen LogP contribution < -0.4 is 0 Å². The van der Waals surface area contributed by atoms with E-state index >= 15 is 0 Å². The molecule has 0 aromatic carbocycles. The highest BCUT2D eigenvalue weighted by molar-refractivity contribution is 6.76. The molecule has 0 fully saturated rings. The van der Waals surface area contributed by atoms with Crippen molar-refractivity contribution in [3.05, 3.63) is 12.2 Å². The molecule has 82 valence electrons. The zero-order chi connectivity index (χ0) is 11.4. The lowest BCUT2D eigenvalue weighted by Crippen LogP contribution is -2.37. The highest BCUT2D eigenvalue weighted by Crippen LogP contribution is 2.09. The van der Waals surface area contributed by atoms with Crippen LogP contribution in [-0.4, -0.2) is 23.6 Å². The first kappa shape index (κ1) is 13.6. The Hall–Kier alpha value is -0.396. The molecule has 1 unspecified atom stereocenters. The van der Waals surface area contributed by atoms with Gasteiger partial charge < -0.3 is 8.54 Å². The number of rotatable bonds is 5. The summed E-state index contributed by atoms with van der Waals surface area (Å²) in [7, 11) is -3.39. The number of carbonyl (C=O) groups is 1. The lowest BCUT2D eigenvalue weighted by Gasteiger charge is -2.24. The van der Waals surface area contributed by atoms with Crippen molar-refractivity contribution in [1.29, 1.82) is 0 Å². The van der Waals surface area contributed by atoms with E-state index in [0.29, 0.717) is 5.57 Å². The smallest absolute Gasteiger partial charge is 0.375 e. The Morgan fingerprint density at radius 2 is 1.93 bits per heavy atom. The fourth-order valence-corrected chi connectivity index (χ4v) is 5.43. The van der Waals surface area contributed by atoms with E-state index in [1.165, 1.54) is 0 Å². The Labute approximate surface area is 89.1 Å². The van der Waals surface area contributed by atoms with Gasteiger partial charge in [-0.25, -0.2) is 4.79 Å². The molecule has 0 N–H and O–H groups in total. The Bertz CT molecular complexity index is 221. The molecule has 0 saturated heterocycles. The molecule has 0 spiro atoms. The molecule has 0 amide bonds. The molecule has 0 bridgehead atoms. The minimum atomic E-state index is -1.80. The molecule has 5 heteroatoms. The molecule has 0 rings (SSSR count). The number of hydrogen-bond acceptors (Lipinski definition) is 3. The molecule has 14 heavy (non-hydrogen) atoms. The van der Waals surface area contributed by atoms with Crippen LogP contribution in [-0.2, 0) is 13.3 Å². The third-order valence-electron chi connectivity index (χ3n) is 1.41. The van der Waals surface area contributed by atoms with E-state index < -0.39 is 17.6 Å². The molecule has 0 aliphatic heterocycles. The van der Waals surface area contributed by atoms with E-state index in [0.717, 1.165) is 6.04 Å². The standard InChI is InChI=1S/C9H20O3Si2/c1-7-13(12-14(4,5)6)11-9(10)8(2)3/h13H,2,7H2,1,3-6H3. The van der Waals surface area contributed by atoms with Gasteiger partial charge in [0.05, 0.1) is 0 Å². The maximum atomic E-state index is 11.2. The minimum absolute atomic E-state index is 0.318. The third kappa shape index (κ3) is 6.12. The van der Waals surface area contributed by atoms with E-state index in [9.17, 15) is 4.79 Å². The predicted molar refractivity (Wildman–Crippen MR) is 63.0 cm³/mol. The van der Waals surface area contributed by atoms with Crippen molar-refractivity contribution in [2.24, 2.45) is 0 Å². The van der Waals surface area contributed by atoms with Gasteiger partial charge >= 0.3 is 15.3 Å². The van der Waals surface area contributed by atoms with Gasteiger partial charge in [0.1, 0.15) is 0 Å². The lowest BCUT2D eigenvalue weighted by molar-refractivity contribution is -0.131. The first-order valence-electron chi connectivity index (χ1n) is 4.80. The summed E-state index contributed by atoms with van der Waals surface area (Å²) in [5, 5.41) is 0. The molecule has 3 nitrogen and oxygen atoms in total. The highest BCUT2D eigenvalue weighted by Gasteiger charge is 2.24. The van der Waals surface area contributed by atoms with E-state index in [1.54, 1.807) is 6.92 Å². The van der Waals surface area contributed by atoms with Crippen LogP contribution in [0.5, 0.6) is 0 Å². The van der Waals surface area contributed by atoms with Crippen molar-refractivity contribution in [1.82, 2.24) is 0 Å². The van der Waals surface area contributed by atoms with Crippen LogP contribution in [0.3, 0.4) is 0 Å². The van der Waals surface area contributed by atoms with Crippen molar-refractivity contribution >= 4 is 23.6 Å². The summed E-state index contributed by atoms with van der Waals surface area (Å²) in [6.07, 6.45) is 0. The van der Waals surface area contributed by atoms with Crippen molar-refractivity contribution in [3.8, 4) is 0 Å². The van der Waals surface area contributed by atoms with Gasteiger partial charge in [-0.1, -0.05) is 13.5 Å². The van der Waals surface area contributed by atoms with E-state index in [2.05, 4.69) is 26.2 Å². The lowest BCUT2D eigenvalue weighted by atomic mass is 10.4. The Morgan fingerprint density at radius 3 is 2.21 bits per heavy atom. The summed E-state index contributed by atoms with van der Waals surface area (Å²) in [6.45, 7) is 13.5. The van der Waals surface area contributed by atoms with Crippen LogP contribution in [0.15, 0.2) is 12.2 Å². The Morgan fingerprint density at radius 1 is 1.43 bits per heavy atom. The van der Waals surface area contributed by atoms with Crippen LogP contribution in [0, 0.1) is 0 Å². The van der Waals surface area contributed by atoms with Crippen molar-refractivity contribution in [2.45, 2.75) is 39.5 Å². The fourth-order valence-electron chi connectivity index (χ4n) is 0.805. The summed E-state index contributed by atoms with van der Waals surface area (Å²) in [5.74, 6) is -0.318. The van der Waals surface area contributed by atoms with Crippen LogP contribution in [0.1, 0.15) is 13.8 Å². The summed E-state index contributed by atoms with van der Waals surface area (Å²) >= 11 is 0. The number of carbonyl (C=O) groups excluding carboxylic acids is 1. The maximum absolute atomic E-state index is 11.2. The quantitative estimate of drug-likeness (QED) is 0.538. The normalized spacial score (nSPS) is 13.5. The van der Waals surface area contributed by atoms with Crippen molar-refractivity contribution in [3.63, 3.8) is 0 Å². The Balaban J connectivity index is 4.17. The molecule has 0 aromatic heterocycles. The topological polar surface area (TPSA) is 35.5 Å². The van der Waals surface area contributed by atoms with Crippen LogP contribution >= 0.6 is 0 Å². The average Bonchev–Trinajstić information content (AvgIpc) is 2.00. The van der Waals surface area contributed by atoms with Gasteiger partial charge in [-0.2, -0.15) is 0 Å². The molecular formula is C9H20O3Si2. The van der Waals surface area contributed by atoms with Gasteiger partial charge in [0, 0.05) is 5.57 Å². The zero-order valence-corrected chi connectivity index (χ0v) is 11.9. The van der Waals surface area contributed by atoms with Crippen LogP contribution in [0.2, 0.25) is 25.7 Å². The average molecular weight is 232 g/mol. The van der Waals surface area contributed by atoms with Crippen LogP contribution in [0.25, 0.3) is 0 Å². The summed E-state index contributed by atoms with van der Waals surface area (Å²) in [5.41, 5.74) is 0.440. The number of hydrogen-bond donors (Lipinski definition) is 0. The van der Waals surface area contributed by atoms with Gasteiger partial charge in [-0.3, -0.25) is 0 Å². The second kappa shape index (κ2) is 5.48. The summed E-state index contributed by atoms with van der Waals surface area (Å²) in [6, 6.07) is 0.809. The molecule has 0 aliphatic carbocycles. The highest BCUT2D eigenvalue weighted by atomic mass is 28.4. The molecular weight excluding hydrogens is 212 g/mol. The summed E-state index contributed by atoms with van der Waals surface area (Å²) < 4.78 is 11.1. The van der Waals surface area contributed by atoms with Crippen molar-refractivity contribution < 1.29 is 13.3 Å². The molecule has 0 heterocycles. The summed E-state index contributed by atoms with van der Waals surface area (Å²) in [4.78, 5) is 11.2. The van der Waals surface area contributed by atoms with Gasteiger partial charge in [0.25, 0.3) is 0 Å². The molecule has 0 aliphatic rings. The first-order chi connectivity index (χ1) is 6.26.